The Morgan fingerprint density at radius 1 is 1.18 bits per heavy atom. The molecule has 0 saturated heterocycles. The number of carbonyl (C=O) groups excluding carboxylic acids is 1. The van der Waals surface area contributed by atoms with E-state index in [9.17, 15) is 4.79 Å². The summed E-state index contributed by atoms with van der Waals surface area (Å²) in [6.45, 7) is 2.12. The van der Waals surface area contributed by atoms with E-state index in [1.165, 1.54) is 0 Å². The molecular weight excluding hydrogens is 346 g/mol. The number of benzene rings is 2. The maximum atomic E-state index is 12.1. The van der Waals surface area contributed by atoms with Crippen LogP contribution in [0.1, 0.15) is 12.5 Å². The van der Waals surface area contributed by atoms with E-state index in [0.29, 0.717) is 12.3 Å². The largest absolute Gasteiger partial charge is 0.496 e. The van der Waals surface area contributed by atoms with Crippen molar-refractivity contribution in [2.75, 3.05) is 7.11 Å². The minimum Gasteiger partial charge on any atom is -0.496 e. The Morgan fingerprint density at radius 3 is 2.55 bits per heavy atom. The van der Waals surface area contributed by atoms with Crippen molar-refractivity contribution >= 4 is 21.8 Å². The van der Waals surface area contributed by atoms with Crippen LogP contribution < -0.4 is 14.8 Å². The van der Waals surface area contributed by atoms with Gasteiger partial charge in [-0.25, -0.2) is 0 Å². The number of carbonyl (C=O) groups is 1. The Bertz CT molecular complexity index is 628. The first kappa shape index (κ1) is 16.4. The number of para-hydroxylation sites is 1. The minimum absolute atomic E-state index is 0.172. The highest BCUT2D eigenvalue weighted by atomic mass is 79.9. The van der Waals surface area contributed by atoms with Crippen molar-refractivity contribution in [3.05, 3.63) is 58.6 Å². The second kappa shape index (κ2) is 7.84. The zero-order valence-corrected chi connectivity index (χ0v) is 14.1. The highest BCUT2D eigenvalue weighted by Crippen LogP contribution is 2.18. The number of hydrogen-bond acceptors (Lipinski definition) is 3. The Morgan fingerprint density at radius 2 is 1.86 bits per heavy atom. The molecule has 2 aromatic carbocycles. The molecule has 0 heterocycles. The van der Waals surface area contributed by atoms with E-state index in [1.54, 1.807) is 14.0 Å². The van der Waals surface area contributed by atoms with Gasteiger partial charge in [0.05, 0.1) is 7.11 Å². The van der Waals surface area contributed by atoms with Gasteiger partial charge in [0, 0.05) is 16.6 Å². The van der Waals surface area contributed by atoms with E-state index in [1.807, 2.05) is 48.5 Å². The summed E-state index contributed by atoms with van der Waals surface area (Å²) in [4.78, 5) is 12.1. The van der Waals surface area contributed by atoms with Crippen molar-refractivity contribution in [3.8, 4) is 11.5 Å². The fourth-order valence-electron chi connectivity index (χ4n) is 1.95. The second-order valence-corrected chi connectivity index (χ2v) is 5.66. The van der Waals surface area contributed by atoms with Crippen molar-refractivity contribution in [1.82, 2.24) is 5.32 Å². The highest BCUT2D eigenvalue weighted by Gasteiger charge is 2.15. The highest BCUT2D eigenvalue weighted by molar-refractivity contribution is 9.10. The van der Waals surface area contributed by atoms with Crippen molar-refractivity contribution < 1.29 is 14.3 Å². The smallest absolute Gasteiger partial charge is 0.261 e. The lowest BCUT2D eigenvalue weighted by Gasteiger charge is -2.15. The van der Waals surface area contributed by atoms with E-state index >= 15 is 0 Å². The topological polar surface area (TPSA) is 47.6 Å². The van der Waals surface area contributed by atoms with Gasteiger partial charge in [-0.1, -0.05) is 34.1 Å². The van der Waals surface area contributed by atoms with E-state index in [2.05, 4.69) is 21.2 Å². The number of nitrogens with one attached hydrogen (secondary N) is 1. The van der Waals surface area contributed by atoms with Crippen LogP contribution in [-0.4, -0.2) is 19.1 Å². The predicted octanol–water partition coefficient (Wildman–Crippen LogP) is 3.54. The molecule has 0 aliphatic heterocycles. The van der Waals surface area contributed by atoms with Gasteiger partial charge in [-0.3, -0.25) is 4.79 Å². The van der Waals surface area contributed by atoms with Gasteiger partial charge in [0.15, 0.2) is 6.10 Å². The number of rotatable bonds is 6. The number of amides is 1. The lowest BCUT2D eigenvalue weighted by Crippen LogP contribution is -2.35. The normalized spacial score (nSPS) is 11.6. The van der Waals surface area contributed by atoms with E-state index in [4.69, 9.17) is 9.47 Å². The molecule has 0 aliphatic carbocycles. The van der Waals surface area contributed by atoms with E-state index in [-0.39, 0.29) is 5.91 Å². The van der Waals surface area contributed by atoms with Crippen molar-refractivity contribution in [2.24, 2.45) is 0 Å². The molecule has 1 atom stereocenters. The van der Waals surface area contributed by atoms with Gasteiger partial charge in [-0.2, -0.15) is 0 Å². The third-order valence-electron chi connectivity index (χ3n) is 3.14. The Hall–Kier alpha value is -2.01. The standard InChI is InChI=1S/C17H18BrNO3/c1-12(22-15-9-7-14(18)8-10-15)17(20)19-11-13-5-3-4-6-16(13)21-2/h3-10,12H,11H2,1-2H3,(H,19,20)/t12-/m1/s1. The maximum Gasteiger partial charge on any atom is 0.261 e. The minimum atomic E-state index is -0.573. The third-order valence-corrected chi connectivity index (χ3v) is 3.67. The van der Waals surface area contributed by atoms with Crippen LogP contribution in [0.2, 0.25) is 0 Å². The first-order valence-electron chi connectivity index (χ1n) is 6.92. The van der Waals surface area contributed by atoms with Crippen LogP contribution in [0, 0.1) is 0 Å². The number of halogens is 1. The molecule has 0 radical (unpaired) electrons. The van der Waals surface area contributed by atoms with Crippen molar-refractivity contribution in [3.63, 3.8) is 0 Å². The summed E-state index contributed by atoms with van der Waals surface area (Å²) in [5, 5.41) is 2.85. The van der Waals surface area contributed by atoms with Gasteiger partial charge in [0.2, 0.25) is 0 Å². The average Bonchev–Trinajstić information content (AvgIpc) is 2.54. The summed E-state index contributed by atoms with van der Waals surface area (Å²) in [6.07, 6.45) is -0.573. The fourth-order valence-corrected chi connectivity index (χ4v) is 2.21. The van der Waals surface area contributed by atoms with Gasteiger partial charge in [-0.05, 0) is 37.3 Å². The molecule has 0 aromatic heterocycles. The summed E-state index contributed by atoms with van der Waals surface area (Å²) in [6, 6.07) is 14.9. The van der Waals surface area contributed by atoms with Gasteiger partial charge in [0.25, 0.3) is 5.91 Å². The van der Waals surface area contributed by atoms with E-state index in [0.717, 1.165) is 15.8 Å². The van der Waals surface area contributed by atoms with Gasteiger partial charge in [-0.15, -0.1) is 0 Å². The molecule has 5 heteroatoms. The number of hydrogen-bond donors (Lipinski definition) is 1. The molecule has 0 aliphatic rings. The van der Waals surface area contributed by atoms with Gasteiger partial charge in [0.1, 0.15) is 11.5 Å². The van der Waals surface area contributed by atoms with Crippen LogP contribution in [0.25, 0.3) is 0 Å². The predicted molar refractivity (Wildman–Crippen MR) is 89.1 cm³/mol. The monoisotopic (exact) mass is 363 g/mol. The zero-order valence-electron chi connectivity index (χ0n) is 12.5. The maximum absolute atomic E-state index is 12.1. The number of methoxy groups -OCH3 is 1. The lowest BCUT2D eigenvalue weighted by atomic mass is 10.2. The SMILES string of the molecule is COc1ccccc1CNC(=O)[C@@H](C)Oc1ccc(Br)cc1. The average molecular weight is 364 g/mol. The summed E-state index contributed by atoms with van der Waals surface area (Å²) < 4.78 is 11.8. The molecule has 1 amide bonds. The second-order valence-electron chi connectivity index (χ2n) is 4.74. The van der Waals surface area contributed by atoms with E-state index < -0.39 is 6.10 Å². The Kier molecular flexibility index (Phi) is 5.83. The molecule has 0 saturated carbocycles. The molecule has 0 unspecified atom stereocenters. The summed E-state index contributed by atoms with van der Waals surface area (Å²) >= 11 is 3.36. The van der Waals surface area contributed by atoms with Crippen LogP contribution in [0.5, 0.6) is 11.5 Å². The first-order chi connectivity index (χ1) is 10.6. The first-order valence-corrected chi connectivity index (χ1v) is 7.71. The summed E-state index contributed by atoms with van der Waals surface area (Å²) in [5.74, 6) is 1.24. The van der Waals surface area contributed by atoms with Crippen LogP contribution in [0.4, 0.5) is 0 Å². The molecule has 2 aromatic rings. The molecular formula is C17H18BrNO3. The molecule has 1 N–H and O–H groups in total. The molecule has 0 bridgehead atoms. The Balaban J connectivity index is 1.90. The lowest BCUT2D eigenvalue weighted by molar-refractivity contribution is -0.127. The van der Waals surface area contributed by atoms with Gasteiger partial charge >= 0.3 is 0 Å². The molecule has 4 nitrogen and oxygen atoms in total. The molecule has 0 fully saturated rings. The van der Waals surface area contributed by atoms with Gasteiger partial charge < -0.3 is 14.8 Å². The molecule has 22 heavy (non-hydrogen) atoms. The quantitative estimate of drug-likeness (QED) is 0.853. The van der Waals surface area contributed by atoms with Crippen LogP contribution in [0.15, 0.2) is 53.0 Å². The number of ether oxygens (including phenoxy) is 2. The van der Waals surface area contributed by atoms with Crippen LogP contribution in [0.3, 0.4) is 0 Å². The Labute approximate surface area is 138 Å². The van der Waals surface area contributed by atoms with Crippen LogP contribution >= 0.6 is 15.9 Å². The summed E-state index contributed by atoms with van der Waals surface area (Å²) in [7, 11) is 1.61. The van der Waals surface area contributed by atoms with Crippen molar-refractivity contribution in [1.29, 1.82) is 0 Å². The zero-order chi connectivity index (χ0) is 15.9. The molecule has 116 valence electrons. The fraction of sp³-hybridized carbons (Fsp3) is 0.235. The molecule has 2 rings (SSSR count). The summed E-state index contributed by atoms with van der Waals surface area (Å²) in [5.41, 5.74) is 0.925. The third kappa shape index (κ3) is 4.49. The molecule has 0 spiro atoms. The van der Waals surface area contributed by atoms with Crippen LogP contribution in [-0.2, 0) is 11.3 Å². The van der Waals surface area contributed by atoms with Crippen molar-refractivity contribution in [2.45, 2.75) is 19.6 Å².